The van der Waals surface area contributed by atoms with Gasteiger partial charge in [0.2, 0.25) is 5.91 Å². The number of halogens is 3. The Kier molecular flexibility index (Phi) is 4.50. The second kappa shape index (κ2) is 6.15. The molecule has 1 aliphatic rings. The van der Waals surface area contributed by atoms with Crippen molar-refractivity contribution in [2.45, 2.75) is 12.8 Å². The van der Waals surface area contributed by atoms with Crippen LogP contribution in [0.5, 0.6) is 0 Å². The van der Waals surface area contributed by atoms with E-state index in [2.05, 4.69) is 5.32 Å². The molecule has 0 aliphatic carbocycles. The van der Waals surface area contributed by atoms with Crippen molar-refractivity contribution in [1.29, 1.82) is 0 Å². The Labute approximate surface area is 119 Å². The second-order valence-electron chi connectivity index (χ2n) is 4.93. The summed E-state index contributed by atoms with van der Waals surface area (Å²) in [6.45, 7) is 0.634. The number of carbonyl (C=O) groups excluding carboxylic acids is 2. The van der Waals surface area contributed by atoms with Crippen LogP contribution in [-0.2, 0) is 4.79 Å². The van der Waals surface area contributed by atoms with Gasteiger partial charge in [-0.25, -0.2) is 13.2 Å². The number of benzene rings is 1. The van der Waals surface area contributed by atoms with Gasteiger partial charge in [-0.2, -0.15) is 0 Å². The van der Waals surface area contributed by atoms with E-state index in [0.29, 0.717) is 38.1 Å². The van der Waals surface area contributed by atoms with Crippen LogP contribution in [0, 0.1) is 23.4 Å². The summed E-state index contributed by atoms with van der Waals surface area (Å²) < 4.78 is 39.2. The van der Waals surface area contributed by atoms with Crippen molar-refractivity contribution in [3.05, 3.63) is 35.1 Å². The molecule has 114 valence electrons. The van der Waals surface area contributed by atoms with Crippen LogP contribution in [0.2, 0.25) is 0 Å². The molecule has 4 nitrogen and oxygen atoms in total. The third-order valence-electron chi connectivity index (χ3n) is 3.63. The van der Waals surface area contributed by atoms with Crippen molar-refractivity contribution in [3.8, 4) is 0 Å². The van der Waals surface area contributed by atoms with Gasteiger partial charge in [-0.05, 0) is 25.0 Å². The predicted molar refractivity (Wildman–Crippen MR) is 69.0 cm³/mol. The van der Waals surface area contributed by atoms with E-state index in [9.17, 15) is 22.8 Å². The number of piperidine rings is 1. The van der Waals surface area contributed by atoms with Crippen molar-refractivity contribution >= 4 is 11.8 Å². The number of hydrogen-bond acceptors (Lipinski definition) is 2. The van der Waals surface area contributed by atoms with Gasteiger partial charge in [0.15, 0.2) is 17.5 Å². The maximum atomic E-state index is 13.1. The first-order valence-electron chi connectivity index (χ1n) is 6.59. The van der Waals surface area contributed by atoms with E-state index in [-0.39, 0.29) is 17.4 Å². The normalized spacial score (nSPS) is 15.9. The fourth-order valence-electron chi connectivity index (χ4n) is 2.41. The highest BCUT2D eigenvalue weighted by atomic mass is 19.2. The SMILES string of the molecule is CNC(=O)C1CCN(C(=O)c2cc(F)c(F)c(F)c2)CC1. The van der Waals surface area contributed by atoms with Crippen molar-refractivity contribution in [2.75, 3.05) is 20.1 Å². The van der Waals surface area contributed by atoms with Crippen LogP contribution in [0.25, 0.3) is 0 Å². The zero-order valence-electron chi connectivity index (χ0n) is 11.5. The van der Waals surface area contributed by atoms with Crippen molar-refractivity contribution in [1.82, 2.24) is 10.2 Å². The van der Waals surface area contributed by atoms with Gasteiger partial charge in [-0.15, -0.1) is 0 Å². The lowest BCUT2D eigenvalue weighted by molar-refractivity contribution is -0.125. The number of carbonyl (C=O) groups is 2. The number of likely N-dealkylation sites (tertiary alicyclic amines) is 1. The zero-order valence-corrected chi connectivity index (χ0v) is 11.5. The van der Waals surface area contributed by atoms with Crippen LogP contribution in [0.15, 0.2) is 12.1 Å². The maximum absolute atomic E-state index is 13.1. The molecule has 1 fully saturated rings. The number of hydrogen-bond donors (Lipinski definition) is 1. The van der Waals surface area contributed by atoms with Gasteiger partial charge in [0.25, 0.3) is 5.91 Å². The Bertz CT molecular complexity index is 546. The molecule has 1 heterocycles. The topological polar surface area (TPSA) is 49.4 Å². The second-order valence-corrected chi connectivity index (χ2v) is 4.93. The molecule has 1 aromatic rings. The lowest BCUT2D eigenvalue weighted by atomic mass is 9.95. The van der Waals surface area contributed by atoms with Gasteiger partial charge in [-0.3, -0.25) is 9.59 Å². The van der Waals surface area contributed by atoms with Crippen molar-refractivity contribution < 1.29 is 22.8 Å². The molecular formula is C14H15F3N2O2. The number of nitrogens with zero attached hydrogens (tertiary/aromatic N) is 1. The predicted octanol–water partition coefficient (Wildman–Crippen LogP) is 1.70. The van der Waals surface area contributed by atoms with Crippen LogP contribution in [0.4, 0.5) is 13.2 Å². The summed E-state index contributed by atoms with van der Waals surface area (Å²) in [6, 6.07) is 1.37. The molecule has 1 saturated heterocycles. The highest BCUT2D eigenvalue weighted by molar-refractivity contribution is 5.94. The molecule has 0 atom stereocenters. The smallest absolute Gasteiger partial charge is 0.254 e. The Balaban J connectivity index is 2.07. The first-order chi connectivity index (χ1) is 9.93. The average Bonchev–Trinajstić information content (AvgIpc) is 2.50. The highest BCUT2D eigenvalue weighted by Gasteiger charge is 2.28. The van der Waals surface area contributed by atoms with Crippen molar-refractivity contribution in [2.24, 2.45) is 5.92 Å². The van der Waals surface area contributed by atoms with Gasteiger partial charge < -0.3 is 10.2 Å². The zero-order chi connectivity index (χ0) is 15.6. The average molecular weight is 300 g/mol. The largest absolute Gasteiger partial charge is 0.359 e. The summed E-state index contributed by atoms with van der Waals surface area (Å²) in [6.07, 6.45) is 0.967. The molecule has 21 heavy (non-hydrogen) atoms. The van der Waals surface area contributed by atoms with Crippen LogP contribution >= 0.6 is 0 Å². The monoisotopic (exact) mass is 300 g/mol. The summed E-state index contributed by atoms with van der Waals surface area (Å²) in [5.41, 5.74) is -0.232. The lowest BCUT2D eigenvalue weighted by Crippen LogP contribution is -2.42. The quantitative estimate of drug-likeness (QED) is 0.845. The molecule has 7 heteroatoms. The molecule has 1 aliphatic heterocycles. The van der Waals surface area contributed by atoms with Crippen LogP contribution < -0.4 is 5.32 Å². The van der Waals surface area contributed by atoms with Crippen LogP contribution in [-0.4, -0.2) is 36.9 Å². The Morgan fingerprint density at radius 3 is 2.14 bits per heavy atom. The number of rotatable bonds is 2. The minimum atomic E-state index is -1.59. The molecule has 1 N–H and O–H groups in total. The van der Waals surface area contributed by atoms with E-state index in [1.54, 1.807) is 7.05 Å². The molecule has 0 spiro atoms. The summed E-state index contributed by atoms with van der Waals surface area (Å²) in [7, 11) is 1.55. The minimum Gasteiger partial charge on any atom is -0.359 e. The van der Waals surface area contributed by atoms with Crippen LogP contribution in [0.3, 0.4) is 0 Å². The molecule has 0 bridgehead atoms. The Hall–Kier alpha value is -2.05. The van der Waals surface area contributed by atoms with Gasteiger partial charge in [-0.1, -0.05) is 0 Å². The fraction of sp³-hybridized carbons (Fsp3) is 0.429. The minimum absolute atomic E-state index is 0.0824. The van der Waals surface area contributed by atoms with Gasteiger partial charge in [0, 0.05) is 31.6 Å². The summed E-state index contributed by atoms with van der Waals surface area (Å²) in [4.78, 5) is 25.0. The van der Waals surface area contributed by atoms with Gasteiger partial charge in [0.05, 0.1) is 0 Å². The van der Waals surface area contributed by atoms with E-state index in [1.807, 2.05) is 0 Å². The third kappa shape index (κ3) is 3.17. The molecule has 0 unspecified atom stereocenters. The Morgan fingerprint density at radius 1 is 1.14 bits per heavy atom. The van der Waals surface area contributed by atoms with E-state index >= 15 is 0 Å². The first kappa shape index (κ1) is 15.3. The Morgan fingerprint density at radius 2 is 1.67 bits per heavy atom. The molecule has 0 radical (unpaired) electrons. The lowest BCUT2D eigenvalue weighted by Gasteiger charge is -2.31. The highest BCUT2D eigenvalue weighted by Crippen LogP contribution is 2.21. The molecule has 2 rings (SSSR count). The van der Waals surface area contributed by atoms with Gasteiger partial charge in [0.1, 0.15) is 0 Å². The van der Waals surface area contributed by atoms with E-state index in [1.165, 1.54) is 4.90 Å². The first-order valence-corrected chi connectivity index (χ1v) is 6.59. The molecule has 0 aromatic heterocycles. The third-order valence-corrected chi connectivity index (χ3v) is 3.63. The molecular weight excluding hydrogens is 285 g/mol. The van der Waals surface area contributed by atoms with Gasteiger partial charge >= 0.3 is 0 Å². The van der Waals surface area contributed by atoms with E-state index in [0.717, 1.165) is 0 Å². The molecule has 1 aromatic carbocycles. The standard InChI is InChI=1S/C14H15F3N2O2/c1-18-13(20)8-2-4-19(5-3-8)14(21)9-6-10(15)12(17)11(16)7-9/h6-8H,2-5H2,1H3,(H,18,20). The number of nitrogens with one attached hydrogen (secondary N) is 1. The summed E-state index contributed by atoms with van der Waals surface area (Å²) >= 11 is 0. The van der Waals surface area contributed by atoms with Crippen molar-refractivity contribution in [3.63, 3.8) is 0 Å². The van der Waals surface area contributed by atoms with E-state index < -0.39 is 23.4 Å². The molecule has 0 saturated carbocycles. The van der Waals surface area contributed by atoms with Crippen LogP contribution in [0.1, 0.15) is 23.2 Å². The molecule has 2 amide bonds. The number of amides is 2. The van der Waals surface area contributed by atoms with E-state index in [4.69, 9.17) is 0 Å². The summed E-state index contributed by atoms with van der Waals surface area (Å²) in [5.74, 6) is -5.19. The summed E-state index contributed by atoms with van der Waals surface area (Å²) in [5, 5.41) is 2.55. The fourth-order valence-corrected chi connectivity index (χ4v) is 2.41. The maximum Gasteiger partial charge on any atom is 0.254 e.